The predicted octanol–water partition coefficient (Wildman–Crippen LogP) is 1.49. The standard InChI is InChI=1S/C14H17N3O2S/c1-11-8-13(15)10-14(9-11)20(18,19)17-7-4-12-2-5-16-6-3-12/h2-3,5-6,8-10,17H,4,7,15H2,1H3. The minimum Gasteiger partial charge on any atom is -0.399 e. The number of aromatic nitrogens is 1. The molecule has 0 saturated heterocycles. The predicted molar refractivity (Wildman–Crippen MR) is 78.7 cm³/mol. The number of rotatable bonds is 5. The summed E-state index contributed by atoms with van der Waals surface area (Å²) in [5.74, 6) is 0. The minimum atomic E-state index is -3.52. The number of hydrogen-bond donors (Lipinski definition) is 2. The van der Waals surface area contributed by atoms with E-state index in [9.17, 15) is 8.42 Å². The Morgan fingerprint density at radius 1 is 1.20 bits per heavy atom. The number of nitrogen functional groups attached to an aromatic ring is 1. The van der Waals surface area contributed by atoms with Crippen LogP contribution in [0.5, 0.6) is 0 Å². The number of nitrogens with one attached hydrogen (secondary N) is 1. The molecule has 20 heavy (non-hydrogen) atoms. The van der Waals surface area contributed by atoms with E-state index in [1.807, 2.05) is 19.1 Å². The largest absolute Gasteiger partial charge is 0.399 e. The van der Waals surface area contributed by atoms with Gasteiger partial charge in [0.25, 0.3) is 0 Å². The number of aryl methyl sites for hydroxylation is 1. The van der Waals surface area contributed by atoms with Crippen molar-refractivity contribution in [3.05, 3.63) is 53.9 Å². The van der Waals surface area contributed by atoms with Gasteiger partial charge in [-0.15, -0.1) is 0 Å². The summed E-state index contributed by atoms with van der Waals surface area (Å²) >= 11 is 0. The van der Waals surface area contributed by atoms with Crippen LogP contribution in [0, 0.1) is 6.92 Å². The van der Waals surface area contributed by atoms with Gasteiger partial charge in [0.05, 0.1) is 4.90 Å². The zero-order chi connectivity index (χ0) is 14.6. The summed E-state index contributed by atoms with van der Waals surface area (Å²) < 4.78 is 26.9. The third-order valence-electron chi connectivity index (χ3n) is 2.84. The first kappa shape index (κ1) is 14.5. The number of hydrogen-bond acceptors (Lipinski definition) is 4. The molecule has 5 nitrogen and oxygen atoms in total. The van der Waals surface area contributed by atoms with Gasteiger partial charge in [-0.2, -0.15) is 0 Å². The Morgan fingerprint density at radius 2 is 1.90 bits per heavy atom. The second-order valence-electron chi connectivity index (χ2n) is 4.58. The second kappa shape index (κ2) is 6.02. The van der Waals surface area contributed by atoms with E-state index < -0.39 is 10.0 Å². The number of anilines is 1. The molecule has 6 heteroatoms. The molecule has 0 unspecified atom stereocenters. The van der Waals surface area contributed by atoms with Gasteiger partial charge in [0.15, 0.2) is 0 Å². The van der Waals surface area contributed by atoms with Gasteiger partial charge in [0.2, 0.25) is 10.0 Å². The molecule has 0 bridgehead atoms. The first-order valence-corrected chi connectivity index (χ1v) is 7.71. The SMILES string of the molecule is Cc1cc(N)cc(S(=O)(=O)NCCc2ccncc2)c1. The van der Waals surface area contributed by atoms with E-state index in [-0.39, 0.29) is 4.90 Å². The molecule has 0 fully saturated rings. The van der Waals surface area contributed by atoms with E-state index in [2.05, 4.69) is 9.71 Å². The van der Waals surface area contributed by atoms with Crippen LogP contribution >= 0.6 is 0 Å². The van der Waals surface area contributed by atoms with Crippen LogP contribution < -0.4 is 10.5 Å². The topological polar surface area (TPSA) is 85.1 Å². The highest BCUT2D eigenvalue weighted by Gasteiger charge is 2.14. The summed E-state index contributed by atoms with van der Waals surface area (Å²) in [5.41, 5.74) is 7.97. The van der Waals surface area contributed by atoms with Crippen molar-refractivity contribution in [1.29, 1.82) is 0 Å². The molecule has 0 amide bonds. The monoisotopic (exact) mass is 291 g/mol. The quantitative estimate of drug-likeness (QED) is 0.817. The van der Waals surface area contributed by atoms with E-state index in [1.165, 1.54) is 6.07 Å². The summed E-state index contributed by atoms with van der Waals surface area (Å²) in [6.07, 6.45) is 3.99. The number of sulfonamides is 1. The lowest BCUT2D eigenvalue weighted by Gasteiger charge is -2.08. The maximum atomic E-state index is 12.1. The molecule has 0 aliphatic heterocycles. The van der Waals surface area contributed by atoms with Gasteiger partial charge in [-0.1, -0.05) is 0 Å². The van der Waals surface area contributed by atoms with Crippen molar-refractivity contribution in [1.82, 2.24) is 9.71 Å². The van der Waals surface area contributed by atoms with Crippen LogP contribution in [-0.2, 0) is 16.4 Å². The Morgan fingerprint density at radius 3 is 2.55 bits per heavy atom. The summed E-state index contributed by atoms with van der Waals surface area (Å²) in [4.78, 5) is 4.12. The highest BCUT2D eigenvalue weighted by molar-refractivity contribution is 7.89. The summed E-state index contributed by atoms with van der Waals surface area (Å²) in [5, 5.41) is 0. The summed E-state index contributed by atoms with van der Waals surface area (Å²) in [6.45, 7) is 2.15. The van der Waals surface area contributed by atoms with Crippen molar-refractivity contribution in [2.45, 2.75) is 18.2 Å². The van der Waals surface area contributed by atoms with E-state index in [0.29, 0.717) is 18.7 Å². The Kier molecular flexibility index (Phi) is 4.36. The van der Waals surface area contributed by atoms with Crippen molar-refractivity contribution in [2.24, 2.45) is 0 Å². The number of benzene rings is 1. The number of nitrogens with zero attached hydrogens (tertiary/aromatic N) is 1. The van der Waals surface area contributed by atoms with Gasteiger partial charge in [0, 0.05) is 24.6 Å². The molecule has 0 atom stereocenters. The Labute approximate surface area is 118 Å². The van der Waals surface area contributed by atoms with Crippen molar-refractivity contribution in [3.63, 3.8) is 0 Å². The molecule has 1 heterocycles. The zero-order valence-corrected chi connectivity index (χ0v) is 12.0. The van der Waals surface area contributed by atoms with Crippen molar-refractivity contribution < 1.29 is 8.42 Å². The Balaban J connectivity index is 2.04. The first-order chi connectivity index (χ1) is 9.47. The van der Waals surface area contributed by atoms with E-state index in [0.717, 1.165) is 11.1 Å². The van der Waals surface area contributed by atoms with Gasteiger partial charge in [-0.3, -0.25) is 4.98 Å². The molecule has 0 saturated carbocycles. The van der Waals surface area contributed by atoms with Crippen LogP contribution in [0.2, 0.25) is 0 Å². The Hall–Kier alpha value is -1.92. The average Bonchev–Trinajstić information content (AvgIpc) is 2.38. The molecule has 0 spiro atoms. The second-order valence-corrected chi connectivity index (χ2v) is 6.35. The summed E-state index contributed by atoms with van der Waals surface area (Å²) in [7, 11) is -3.52. The summed E-state index contributed by atoms with van der Waals surface area (Å²) in [6, 6.07) is 8.51. The normalized spacial score (nSPS) is 11.4. The maximum Gasteiger partial charge on any atom is 0.240 e. The van der Waals surface area contributed by atoms with Crippen LogP contribution in [-0.4, -0.2) is 19.9 Å². The van der Waals surface area contributed by atoms with Crippen LogP contribution in [0.1, 0.15) is 11.1 Å². The molecule has 3 N–H and O–H groups in total. The van der Waals surface area contributed by atoms with Gasteiger partial charge < -0.3 is 5.73 Å². The van der Waals surface area contributed by atoms with E-state index in [4.69, 9.17) is 5.73 Å². The van der Waals surface area contributed by atoms with Gasteiger partial charge in [-0.25, -0.2) is 13.1 Å². The molecule has 1 aromatic heterocycles. The fraction of sp³-hybridized carbons (Fsp3) is 0.214. The van der Waals surface area contributed by atoms with Crippen LogP contribution in [0.3, 0.4) is 0 Å². The maximum absolute atomic E-state index is 12.1. The van der Waals surface area contributed by atoms with E-state index in [1.54, 1.807) is 24.5 Å². The molecule has 0 aliphatic carbocycles. The fourth-order valence-electron chi connectivity index (χ4n) is 1.89. The lowest BCUT2D eigenvalue weighted by molar-refractivity contribution is 0.581. The van der Waals surface area contributed by atoms with Crippen LogP contribution in [0.25, 0.3) is 0 Å². The zero-order valence-electron chi connectivity index (χ0n) is 11.2. The van der Waals surface area contributed by atoms with Crippen LogP contribution in [0.15, 0.2) is 47.6 Å². The van der Waals surface area contributed by atoms with Gasteiger partial charge >= 0.3 is 0 Å². The molecule has 106 valence electrons. The lowest BCUT2D eigenvalue weighted by Crippen LogP contribution is -2.26. The Bertz CT molecular complexity index is 665. The third-order valence-corrected chi connectivity index (χ3v) is 4.28. The van der Waals surface area contributed by atoms with Gasteiger partial charge in [-0.05, 0) is 54.8 Å². The average molecular weight is 291 g/mol. The smallest absolute Gasteiger partial charge is 0.240 e. The van der Waals surface area contributed by atoms with E-state index >= 15 is 0 Å². The fourth-order valence-corrected chi connectivity index (χ4v) is 3.06. The first-order valence-electron chi connectivity index (χ1n) is 6.23. The molecule has 0 radical (unpaired) electrons. The van der Waals surface area contributed by atoms with Crippen LogP contribution in [0.4, 0.5) is 5.69 Å². The highest BCUT2D eigenvalue weighted by atomic mass is 32.2. The lowest BCUT2D eigenvalue weighted by atomic mass is 10.2. The third kappa shape index (κ3) is 3.79. The number of pyridine rings is 1. The van der Waals surface area contributed by atoms with Crippen molar-refractivity contribution in [2.75, 3.05) is 12.3 Å². The molecule has 0 aliphatic rings. The number of nitrogens with two attached hydrogens (primary N) is 1. The molecule has 2 rings (SSSR count). The molecule has 1 aromatic carbocycles. The molecular weight excluding hydrogens is 274 g/mol. The molecule has 2 aromatic rings. The molecular formula is C14H17N3O2S. The highest BCUT2D eigenvalue weighted by Crippen LogP contribution is 2.16. The minimum absolute atomic E-state index is 0.199. The van der Waals surface area contributed by atoms with Gasteiger partial charge in [0.1, 0.15) is 0 Å². The van der Waals surface area contributed by atoms with Crippen molar-refractivity contribution >= 4 is 15.7 Å². The van der Waals surface area contributed by atoms with Crippen molar-refractivity contribution in [3.8, 4) is 0 Å².